The first-order valence-corrected chi connectivity index (χ1v) is 7.03. The van der Waals surface area contributed by atoms with Gasteiger partial charge in [0.2, 0.25) is 0 Å². The van der Waals surface area contributed by atoms with E-state index in [1.807, 2.05) is 12.1 Å². The molecule has 0 saturated heterocycles. The molecule has 1 aromatic heterocycles. The molecule has 3 rings (SSSR count). The van der Waals surface area contributed by atoms with E-state index in [2.05, 4.69) is 0 Å². The molecule has 0 amide bonds. The van der Waals surface area contributed by atoms with Crippen LogP contribution >= 0.6 is 23.2 Å². The predicted molar refractivity (Wildman–Crippen MR) is 83.9 cm³/mol. The molecule has 0 aliphatic carbocycles. The average molecular weight is 323 g/mol. The van der Waals surface area contributed by atoms with E-state index in [1.54, 1.807) is 31.3 Å². The van der Waals surface area contributed by atoms with Gasteiger partial charge in [0, 0.05) is 7.05 Å². The minimum atomic E-state index is -0.453. The zero-order chi connectivity index (χ0) is 15.1. The van der Waals surface area contributed by atoms with Gasteiger partial charge < -0.3 is 10.2 Å². The number of benzene rings is 2. The first-order valence-electron chi connectivity index (χ1n) is 6.28. The van der Waals surface area contributed by atoms with E-state index < -0.39 is 11.8 Å². The van der Waals surface area contributed by atoms with Gasteiger partial charge in [-0.3, -0.25) is 4.57 Å². The smallest absolute Gasteiger partial charge is 0.408 e. The van der Waals surface area contributed by atoms with Crippen LogP contribution in [0.15, 0.2) is 45.6 Å². The topological polar surface area (TPSA) is 61.2 Å². The SMILES string of the molecule is Cn1c(=O)oc2cc(C(N)c3cccc(Cl)c3Cl)ccc21. The molecule has 0 radical (unpaired) electrons. The van der Waals surface area contributed by atoms with Crippen molar-refractivity contribution >= 4 is 34.3 Å². The first kappa shape index (κ1) is 14.2. The highest BCUT2D eigenvalue weighted by atomic mass is 35.5. The highest BCUT2D eigenvalue weighted by molar-refractivity contribution is 6.42. The molecule has 1 heterocycles. The summed E-state index contributed by atoms with van der Waals surface area (Å²) in [6, 6.07) is 10.3. The largest absolute Gasteiger partial charge is 0.419 e. The monoisotopic (exact) mass is 322 g/mol. The molecule has 4 nitrogen and oxygen atoms in total. The summed E-state index contributed by atoms with van der Waals surface area (Å²) in [7, 11) is 1.65. The maximum atomic E-state index is 11.5. The summed E-state index contributed by atoms with van der Waals surface area (Å²) in [6.45, 7) is 0. The van der Waals surface area contributed by atoms with Gasteiger partial charge in [0.25, 0.3) is 0 Å². The molecule has 1 atom stereocenters. The van der Waals surface area contributed by atoms with E-state index >= 15 is 0 Å². The van der Waals surface area contributed by atoms with Gasteiger partial charge in [-0.05, 0) is 29.3 Å². The fourth-order valence-electron chi connectivity index (χ4n) is 2.28. The molecule has 2 aromatic carbocycles. The summed E-state index contributed by atoms with van der Waals surface area (Å²) in [5.74, 6) is -0.406. The van der Waals surface area contributed by atoms with Crippen LogP contribution in [0.4, 0.5) is 0 Å². The predicted octanol–water partition coefficient (Wildman–Crippen LogP) is 3.49. The Bertz CT molecular complexity index is 883. The lowest BCUT2D eigenvalue weighted by Crippen LogP contribution is -2.12. The number of nitrogens with zero attached hydrogens (tertiary/aromatic N) is 1. The second-order valence-corrected chi connectivity index (χ2v) is 5.56. The van der Waals surface area contributed by atoms with Crippen LogP contribution in [0.5, 0.6) is 0 Å². The van der Waals surface area contributed by atoms with Crippen LogP contribution < -0.4 is 11.5 Å². The lowest BCUT2D eigenvalue weighted by Gasteiger charge is -2.14. The summed E-state index contributed by atoms with van der Waals surface area (Å²) >= 11 is 12.2. The molecule has 0 bridgehead atoms. The third-order valence-corrected chi connectivity index (χ3v) is 4.33. The third-order valence-electron chi connectivity index (χ3n) is 3.49. The Balaban J connectivity index is 2.11. The quantitative estimate of drug-likeness (QED) is 0.785. The maximum absolute atomic E-state index is 11.5. The van der Waals surface area contributed by atoms with E-state index in [0.29, 0.717) is 21.1 Å². The van der Waals surface area contributed by atoms with E-state index in [0.717, 1.165) is 11.1 Å². The Labute approximate surface area is 130 Å². The molecule has 0 aliphatic heterocycles. The van der Waals surface area contributed by atoms with Crippen LogP contribution in [0.3, 0.4) is 0 Å². The highest BCUT2D eigenvalue weighted by Gasteiger charge is 2.16. The fourth-order valence-corrected chi connectivity index (χ4v) is 2.71. The third kappa shape index (κ3) is 2.35. The van der Waals surface area contributed by atoms with Crippen LogP contribution in [0.1, 0.15) is 17.2 Å². The average Bonchev–Trinajstić information content (AvgIpc) is 2.76. The fraction of sp³-hybridized carbons (Fsp3) is 0.133. The number of hydrogen-bond donors (Lipinski definition) is 1. The van der Waals surface area contributed by atoms with Crippen molar-refractivity contribution in [2.45, 2.75) is 6.04 Å². The van der Waals surface area contributed by atoms with E-state index in [1.165, 1.54) is 4.57 Å². The number of aromatic nitrogens is 1. The lowest BCUT2D eigenvalue weighted by molar-refractivity contribution is 0.527. The van der Waals surface area contributed by atoms with Crippen molar-refractivity contribution in [3.8, 4) is 0 Å². The number of nitrogens with two attached hydrogens (primary N) is 1. The molecule has 0 fully saturated rings. The number of halogens is 2. The second kappa shape index (κ2) is 5.22. The van der Waals surface area contributed by atoms with E-state index in [-0.39, 0.29) is 0 Å². The Morgan fingerprint density at radius 1 is 1.24 bits per heavy atom. The zero-order valence-electron chi connectivity index (χ0n) is 11.1. The van der Waals surface area contributed by atoms with Crippen LogP contribution in [0, 0.1) is 0 Å². The summed E-state index contributed by atoms with van der Waals surface area (Å²) in [4.78, 5) is 11.5. The summed E-state index contributed by atoms with van der Waals surface area (Å²) in [6.07, 6.45) is 0. The van der Waals surface area contributed by atoms with Crippen LogP contribution in [0.25, 0.3) is 11.1 Å². The minimum Gasteiger partial charge on any atom is -0.408 e. The Morgan fingerprint density at radius 3 is 2.76 bits per heavy atom. The van der Waals surface area contributed by atoms with Crippen molar-refractivity contribution in [1.82, 2.24) is 4.57 Å². The molecule has 3 aromatic rings. The standard InChI is InChI=1S/C15H12Cl2N2O2/c1-19-11-6-5-8(7-12(11)21-15(19)20)14(18)9-3-2-4-10(16)13(9)17/h2-7,14H,18H2,1H3. The molecule has 0 saturated carbocycles. The van der Waals surface area contributed by atoms with Gasteiger partial charge in [0.1, 0.15) is 0 Å². The molecule has 0 spiro atoms. The van der Waals surface area contributed by atoms with Crippen molar-refractivity contribution in [3.63, 3.8) is 0 Å². The van der Waals surface area contributed by atoms with Crippen LogP contribution in [-0.2, 0) is 7.05 Å². The summed E-state index contributed by atoms with van der Waals surface area (Å²) < 4.78 is 6.61. The second-order valence-electron chi connectivity index (χ2n) is 4.77. The van der Waals surface area contributed by atoms with Gasteiger partial charge in [-0.25, -0.2) is 4.79 Å². The van der Waals surface area contributed by atoms with Gasteiger partial charge in [0.15, 0.2) is 5.58 Å². The van der Waals surface area contributed by atoms with Gasteiger partial charge in [-0.15, -0.1) is 0 Å². The summed E-state index contributed by atoms with van der Waals surface area (Å²) in [5, 5.41) is 0.887. The molecule has 1 unspecified atom stereocenters. The molecule has 21 heavy (non-hydrogen) atoms. The number of fused-ring (bicyclic) bond motifs is 1. The Kier molecular flexibility index (Phi) is 3.53. The van der Waals surface area contributed by atoms with Gasteiger partial charge >= 0.3 is 5.76 Å². The van der Waals surface area contributed by atoms with Crippen molar-refractivity contribution in [2.75, 3.05) is 0 Å². The number of hydrogen-bond acceptors (Lipinski definition) is 3. The van der Waals surface area contributed by atoms with Gasteiger partial charge in [-0.2, -0.15) is 0 Å². The van der Waals surface area contributed by atoms with Gasteiger partial charge in [-0.1, -0.05) is 41.4 Å². The number of rotatable bonds is 2. The lowest BCUT2D eigenvalue weighted by atomic mass is 9.99. The Hall–Kier alpha value is -1.75. The molecule has 0 aliphatic rings. The maximum Gasteiger partial charge on any atom is 0.419 e. The molecular weight excluding hydrogens is 311 g/mol. The minimum absolute atomic E-state index is 0.406. The Morgan fingerprint density at radius 2 is 2.00 bits per heavy atom. The summed E-state index contributed by atoms with van der Waals surface area (Å²) in [5.41, 5.74) is 8.98. The molecule has 108 valence electrons. The number of aryl methyl sites for hydroxylation is 1. The van der Waals surface area contributed by atoms with Crippen molar-refractivity contribution < 1.29 is 4.42 Å². The highest BCUT2D eigenvalue weighted by Crippen LogP contribution is 2.32. The number of oxazole rings is 1. The van der Waals surface area contributed by atoms with Crippen molar-refractivity contribution in [3.05, 3.63) is 68.1 Å². The van der Waals surface area contributed by atoms with Crippen molar-refractivity contribution in [1.29, 1.82) is 0 Å². The van der Waals surface area contributed by atoms with Crippen LogP contribution in [-0.4, -0.2) is 4.57 Å². The van der Waals surface area contributed by atoms with Crippen LogP contribution in [0.2, 0.25) is 10.0 Å². The molecule has 2 N–H and O–H groups in total. The van der Waals surface area contributed by atoms with Gasteiger partial charge in [0.05, 0.1) is 21.6 Å². The normalized spacial score (nSPS) is 12.8. The molecular formula is C15H12Cl2N2O2. The van der Waals surface area contributed by atoms with E-state index in [4.69, 9.17) is 33.4 Å². The van der Waals surface area contributed by atoms with Crippen molar-refractivity contribution in [2.24, 2.45) is 12.8 Å². The first-order chi connectivity index (χ1) is 9.99. The zero-order valence-corrected chi connectivity index (χ0v) is 12.7. The molecule has 6 heteroatoms. The van der Waals surface area contributed by atoms with E-state index in [9.17, 15) is 4.79 Å².